The van der Waals surface area contributed by atoms with Gasteiger partial charge in [-0.05, 0) is 18.2 Å². The normalized spacial score (nSPS) is 11.8. The van der Waals surface area contributed by atoms with Gasteiger partial charge in [-0.2, -0.15) is 0 Å². The number of benzene rings is 1. The summed E-state index contributed by atoms with van der Waals surface area (Å²) in [6.45, 7) is 4.41. The van der Waals surface area contributed by atoms with Gasteiger partial charge < -0.3 is 15.0 Å². The van der Waals surface area contributed by atoms with E-state index in [0.717, 1.165) is 4.90 Å². The summed E-state index contributed by atoms with van der Waals surface area (Å²) in [5, 5.41) is 3.82. The van der Waals surface area contributed by atoms with Gasteiger partial charge in [0.1, 0.15) is 12.3 Å². The molecule has 0 spiro atoms. The van der Waals surface area contributed by atoms with Gasteiger partial charge in [0.25, 0.3) is 5.91 Å². The van der Waals surface area contributed by atoms with Crippen molar-refractivity contribution in [2.45, 2.75) is 0 Å². The lowest BCUT2D eigenvalue weighted by atomic mass is 10.3. The van der Waals surface area contributed by atoms with E-state index >= 15 is 0 Å². The number of methoxy groups -OCH3 is 1. The summed E-state index contributed by atoms with van der Waals surface area (Å²) < 4.78 is 5.16. The highest BCUT2D eigenvalue weighted by molar-refractivity contribution is 6.31. The fourth-order valence-corrected chi connectivity index (χ4v) is 2.04. The van der Waals surface area contributed by atoms with E-state index in [9.17, 15) is 4.79 Å². The second kappa shape index (κ2) is 7.38. The summed E-state index contributed by atoms with van der Waals surface area (Å²) >= 11 is 11.6. The number of ether oxygens (including phenoxy) is 1. The lowest BCUT2D eigenvalue weighted by molar-refractivity contribution is -0.865. The molecule has 0 aliphatic rings. The van der Waals surface area contributed by atoms with Crippen molar-refractivity contribution in [3.63, 3.8) is 0 Å². The molecule has 19 heavy (non-hydrogen) atoms. The standard InChI is InChI=1S/C13H16Cl2N2O2/c1-9(14)7-17(2)8-13(18)16-11-6-10(15)4-5-12(11)19-3/h4-6H,1,7-8H2,2-3H3,(H,16,18)/p+1. The minimum absolute atomic E-state index is 0.143. The molecular weight excluding hydrogens is 287 g/mol. The number of likely N-dealkylation sites (N-methyl/N-ethyl adjacent to an activating group) is 1. The Hall–Kier alpha value is -1.23. The minimum atomic E-state index is -0.143. The highest BCUT2D eigenvalue weighted by atomic mass is 35.5. The maximum atomic E-state index is 11.9. The molecule has 1 aromatic carbocycles. The van der Waals surface area contributed by atoms with E-state index in [2.05, 4.69) is 11.9 Å². The van der Waals surface area contributed by atoms with Gasteiger partial charge in [-0.3, -0.25) is 4.79 Å². The molecule has 0 aliphatic heterocycles. The number of carbonyl (C=O) groups is 1. The predicted molar refractivity (Wildman–Crippen MR) is 78.2 cm³/mol. The monoisotopic (exact) mass is 303 g/mol. The van der Waals surface area contributed by atoms with Crippen LogP contribution >= 0.6 is 23.2 Å². The Bertz CT molecular complexity index is 478. The summed E-state index contributed by atoms with van der Waals surface area (Å²) in [4.78, 5) is 12.8. The average molecular weight is 304 g/mol. The van der Waals surface area contributed by atoms with Gasteiger partial charge in [-0.1, -0.05) is 29.8 Å². The average Bonchev–Trinajstić information content (AvgIpc) is 2.27. The third-order valence-electron chi connectivity index (χ3n) is 2.39. The second-order valence-corrected chi connectivity index (χ2v) is 5.19. The number of carbonyl (C=O) groups excluding carboxylic acids is 1. The van der Waals surface area contributed by atoms with Crippen LogP contribution in [0.3, 0.4) is 0 Å². The van der Waals surface area contributed by atoms with Gasteiger partial charge in [0.15, 0.2) is 6.54 Å². The lowest BCUT2D eigenvalue weighted by Crippen LogP contribution is -3.10. The fourth-order valence-electron chi connectivity index (χ4n) is 1.64. The molecule has 6 heteroatoms. The Morgan fingerprint density at radius 1 is 1.47 bits per heavy atom. The highest BCUT2D eigenvalue weighted by Crippen LogP contribution is 2.27. The van der Waals surface area contributed by atoms with Crippen molar-refractivity contribution in [3.05, 3.63) is 34.8 Å². The first-order valence-corrected chi connectivity index (χ1v) is 6.46. The molecule has 1 rings (SSSR count). The fraction of sp³-hybridized carbons (Fsp3) is 0.308. The topological polar surface area (TPSA) is 42.8 Å². The molecule has 0 heterocycles. The Morgan fingerprint density at radius 3 is 2.74 bits per heavy atom. The van der Waals surface area contributed by atoms with Crippen LogP contribution in [0.4, 0.5) is 5.69 Å². The summed E-state index contributed by atoms with van der Waals surface area (Å²) in [5.41, 5.74) is 0.553. The van der Waals surface area contributed by atoms with E-state index in [0.29, 0.717) is 28.0 Å². The number of anilines is 1. The first-order chi connectivity index (χ1) is 8.92. The first-order valence-electron chi connectivity index (χ1n) is 5.70. The van der Waals surface area contributed by atoms with Crippen molar-refractivity contribution in [2.75, 3.05) is 32.6 Å². The van der Waals surface area contributed by atoms with Gasteiger partial charge in [0, 0.05) is 5.02 Å². The molecule has 0 radical (unpaired) electrons. The molecule has 104 valence electrons. The Morgan fingerprint density at radius 2 is 2.16 bits per heavy atom. The van der Waals surface area contributed by atoms with Crippen LogP contribution in [0, 0.1) is 0 Å². The largest absolute Gasteiger partial charge is 0.495 e. The van der Waals surface area contributed by atoms with Crippen LogP contribution in [0.15, 0.2) is 29.8 Å². The first kappa shape index (κ1) is 15.8. The van der Waals surface area contributed by atoms with E-state index < -0.39 is 0 Å². The Kier molecular flexibility index (Phi) is 6.15. The number of halogens is 2. The number of hydrogen-bond acceptors (Lipinski definition) is 2. The highest BCUT2D eigenvalue weighted by Gasteiger charge is 2.13. The van der Waals surface area contributed by atoms with Crippen LogP contribution in [-0.4, -0.2) is 33.2 Å². The van der Waals surface area contributed by atoms with Crippen molar-refractivity contribution in [2.24, 2.45) is 0 Å². The van der Waals surface area contributed by atoms with E-state index in [4.69, 9.17) is 27.9 Å². The Balaban J connectivity index is 2.66. The zero-order chi connectivity index (χ0) is 14.4. The zero-order valence-electron chi connectivity index (χ0n) is 10.9. The predicted octanol–water partition coefficient (Wildman–Crippen LogP) is 1.55. The lowest BCUT2D eigenvalue weighted by Gasteiger charge is -2.14. The molecular formula is C13H17Cl2N2O2+. The van der Waals surface area contributed by atoms with Crippen LogP contribution in [-0.2, 0) is 4.79 Å². The van der Waals surface area contributed by atoms with Gasteiger partial charge in [-0.25, -0.2) is 0 Å². The maximum Gasteiger partial charge on any atom is 0.279 e. The van der Waals surface area contributed by atoms with E-state index in [1.807, 2.05) is 7.05 Å². The minimum Gasteiger partial charge on any atom is -0.495 e. The molecule has 1 aromatic rings. The van der Waals surface area contributed by atoms with Crippen LogP contribution in [0.1, 0.15) is 0 Å². The molecule has 0 aromatic heterocycles. The van der Waals surface area contributed by atoms with Crippen molar-refractivity contribution in [3.8, 4) is 5.75 Å². The van der Waals surface area contributed by atoms with Crippen molar-refractivity contribution in [1.29, 1.82) is 0 Å². The van der Waals surface area contributed by atoms with Crippen LogP contribution in [0.25, 0.3) is 0 Å². The second-order valence-electron chi connectivity index (χ2n) is 4.22. The van der Waals surface area contributed by atoms with E-state index in [1.54, 1.807) is 18.2 Å². The number of nitrogens with one attached hydrogen (secondary N) is 2. The van der Waals surface area contributed by atoms with E-state index in [1.165, 1.54) is 7.11 Å². The van der Waals surface area contributed by atoms with Gasteiger partial charge in [-0.15, -0.1) is 0 Å². The van der Waals surface area contributed by atoms with Crippen molar-refractivity contribution in [1.82, 2.24) is 0 Å². The molecule has 1 amide bonds. The molecule has 1 unspecified atom stereocenters. The summed E-state index contributed by atoms with van der Waals surface area (Å²) in [6, 6.07) is 5.05. The summed E-state index contributed by atoms with van der Waals surface area (Å²) in [6.07, 6.45) is 0. The van der Waals surface area contributed by atoms with Crippen LogP contribution in [0.5, 0.6) is 5.75 Å². The maximum absolute atomic E-state index is 11.9. The number of quaternary nitrogens is 1. The molecule has 0 bridgehead atoms. The molecule has 2 N–H and O–H groups in total. The van der Waals surface area contributed by atoms with Gasteiger partial charge in [0.05, 0.1) is 24.9 Å². The third kappa shape index (κ3) is 5.51. The van der Waals surface area contributed by atoms with Crippen LogP contribution in [0.2, 0.25) is 5.02 Å². The van der Waals surface area contributed by atoms with E-state index in [-0.39, 0.29) is 12.5 Å². The molecule has 0 saturated carbocycles. The number of rotatable bonds is 6. The molecule has 4 nitrogen and oxygen atoms in total. The summed E-state index contributed by atoms with van der Waals surface area (Å²) in [5.74, 6) is 0.424. The Labute approximate surface area is 122 Å². The van der Waals surface area contributed by atoms with Crippen molar-refractivity contribution < 1.29 is 14.4 Å². The van der Waals surface area contributed by atoms with Gasteiger partial charge >= 0.3 is 0 Å². The quantitative estimate of drug-likeness (QED) is 0.837. The molecule has 0 aliphatic carbocycles. The van der Waals surface area contributed by atoms with Crippen molar-refractivity contribution >= 4 is 34.8 Å². The SMILES string of the molecule is C=C(Cl)C[NH+](C)CC(=O)Nc1cc(Cl)ccc1OC. The number of hydrogen-bond donors (Lipinski definition) is 2. The molecule has 0 saturated heterocycles. The van der Waals surface area contributed by atoms with Gasteiger partial charge in [0.2, 0.25) is 0 Å². The number of amides is 1. The smallest absolute Gasteiger partial charge is 0.279 e. The van der Waals surface area contributed by atoms with Crippen LogP contribution < -0.4 is 15.0 Å². The summed E-state index contributed by atoms with van der Waals surface area (Å²) in [7, 11) is 3.40. The zero-order valence-corrected chi connectivity index (χ0v) is 12.4. The molecule has 1 atom stereocenters. The third-order valence-corrected chi connectivity index (χ3v) is 2.76. The molecule has 0 fully saturated rings.